The van der Waals surface area contributed by atoms with Gasteiger partial charge in [-0.25, -0.2) is 0 Å². The molecule has 0 aliphatic carbocycles. The minimum Gasteiger partial charge on any atom is -0.478 e. The van der Waals surface area contributed by atoms with Crippen LogP contribution in [0.3, 0.4) is 0 Å². The monoisotopic (exact) mass is 340 g/mol. The Morgan fingerprint density at radius 1 is 1.00 bits per heavy atom. The zero-order valence-electron chi connectivity index (χ0n) is 6.96. The number of ether oxygens (including phenoxy) is 3. The summed E-state index contributed by atoms with van der Waals surface area (Å²) in [6.45, 7) is 1.23. The number of fused-ring (bicyclic) bond motifs is 2. The summed E-state index contributed by atoms with van der Waals surface area (Å²) >= 11 is 8.45. The van der Waals surface area contributed by atoms with Crippen molar-refractivity contribution in [1.82, 2.24) is 0 Å². The molecule has 0 saturated carbocycles. The molecule has 2 aliphatic rings. The van der Waals surface area contributed by atoms with Crippen molar-refractivity contribution in [3.8, 4) is 11.5 Å². The third-order valence-corrected chi connectivity index (χ3v) is 4.68. The predicted molar refractivity (Wildman–Crippen MR) is 59.4 cm³/mol. The lowest BCUT2D eigenvalue weighted by molar-refractivity contribution is 0.0552. The molecule has 0 bridgehead atoms. The van der Waals surface area contributed by atoms with Crippen LogP contribution in [0.5, 0.6) is 11.5 Å². The Labute approximate surface area is 102 Å². The van der Waals surface area contributed by atoms with Crippen LogP contribution in [0.4, 0.5) is 0 Å². The summed E-state index contributed by atoms with van der Waals surface area (Å²) in [5.41, 5.74) is 0. The van der Waals surface area contributed by atoms with Crippen molar-refractivity contribution in [3.05, 3.63) is 7.57 Å². The van der Waals surface area contributed by atoms with E-state index in [1.165, 1.54) is 0 Å². The second-order valence-electron chi connectivity index (χ2n) is 3.16. The van der Waals surface area contributed by atoms with Crippen LogP contribution in [-0.4, -0.2) is 25.4 Å². The molecule has 1 aromatic heterocycles. The first-order valence-electron chi connectivity index (χ1n) is 4.14. The highest BCUT2D eigenvalue weighted by molar-refractivity contribution is 9.12. The van der Waals surface area contributed by atoms with Gasteiger partial charge in [0.2, 0.25) is 0 Å². The van der Waals surface area contributed by atoms with Gasteiger partial charge in [-0.1, -0.05) is 0 Å². The standard InChI is InChI=1S/C8H6Br2O3S/c9-7-5-6(8(10)14-7)13-4-2-11-1-3(4)12-5/h3-4H,1-2H2/t3-,4+. The maximum Gasteiger partial charge on any atom is 0.188 e. The van der Waals surface area contributed by atoms with E-state index >= 15 is 0 Å². The fourth-order valence-electron chi connectivity index (χ4n) is 1.59. The second kappa shape index (κ2) is 3.37. The van der Waals surface area contributed by atoms with Crippen molar-refractivity contribution in [3.63, 3.8) is 0 Å². The largest absolute Gasteiger partial charge is 0.478 e. The molecular weight excluding hydrogens is 336 g/mol. The van der Waals surface area contributed by atoms with Crippen LogP contribution >= 0.6 is 43.2 Å². The van der Waals surface area contributed by atoms with E-state index < -0.39 is 0 Å². The van der Waals surface area contributed by atoms with E-state index in [2.05, 4.69) is 31.9 Å². The SMILES string of the molecule is Brc1sc(Br)c2c1O[C@H]1COC[C@H]1O2. The quantitative estimate of drug-likeness (QED) is 0.726. The molecular formula is C8H6Br2O3S. The molecule has 0 unspecified atom stereocenters. The van der Waals surface area contributed by atoms with Gasteiger partial charge in [-0.3, -0.25) is 0 Å². The maximum absolute atomic E-state index is 5.79. The van der Waals surface area contributed by atoms with Gasteiger partial charge in [0.05, 0.1) is 13.2 Å². The van der Waals surface area contributed by atoms with E-state index in [1.807, 2.05) is 0 Å². The van der Waals surface area contributed by atoms with Gasteiger partial charge in [-0.05, 0) is 31.9 Å². The fourth-order valence-corrected chi connectivity index (χ4v) is 4.38. The van der Waals surface area contributed by atoms with Gasteiger partial charge in [0, 0.05) is 0 Å². The molecule has 14 heavy (non-hydrogen) atoms. The summed E-state index contributed by atoms with van der Waals surface area (Å²) in [6.07, 6.45) is 0.0839. The lowest BCUT2D eigenvalue weighted by Gasteiger charge is -2.26. The zero-order valence-corrected chi connectivity index (χ0v) is 10.9. The maximum atomic E-state index is 5.79. The third-order valence-electron chi connectivity index (χ3n) is 2.26. The Morgan fingerprint density at radius 2 is 1.50 bits per heavy atom. The molecule has 6 heteroatoms. The number of hydrogen-bond donors (Lipinski definition) is 0. The Hall–Kier alpha value is 0.220. The highest BCUT2D eigenvalue weighted by Gasteiger charge is 2.39. The van der Waals surface area contributed by atoms with Gasteiger partial charge >= 0.3 is 0 Å². The lowest BCUT2D eigenvalue weighted by atomic mass is 10.2. The van der Waals surface area contributed by atoms with Crippen LogP contribution in [0.15, 0.2) is 7.57 Å². The Morgan fingerprint density at radius 3 is 2.00 bits per heavy atom. The molecule has 2 atom stereocenters. The molecule has 1 saturated heterocycles. The minimum absolute atomic E-state index is 0.0419. The normalized spacial score (nSPS) is 29.0. The van der Waals surface area contributed by atoms with Crippen LogP contribution in [0.2, 0.25) is 0 Å². The first-order chi connectivity index (χ1) is 6.75. The molecule has 76 valence electrons. The smallest absolute Gasteiger partial charge is 0.188 e. The zero-order chi connectivity index (χ0) is 9.71. The van der Waals surface area contributed by atoms with Crippen molar-refractivity contribution in [1.29, 1.82) is 0 Å². The highest BCUT2D eigenvalue weighted by atomic mass is 79.9. The summed E-state index contributed by atoms with van der Waals surface area (Å²) in [5, 5.41) is 0. The number of halogens is 2. The molecule has 3 heterocycles. The Kier molecular flexibility index (Phi) is 2.27. The first-order valence-corrected chi connectivity index (χ1v) is 6.55. The van der Waals surface area contributed by atoms with Crippen molar-refractivity contribution >= 4 is 43.2 Å². The first kappa shape index (κ1) is 9.45. The summed E-state index contributed by atoms with van der Waals surface area (Å²) in [6, 6.07) is 0. The van der Waals surface area contributed by atoms with Crippen LogP contribution in [0.1, 0.15) is 0 Å². The average Bonchev–Trinajstić information content (AvgIpc) is 2.70. The van der Waals surface area contributed by atoms with Crippen molar-refractivity contribution in [2.75, 3.05) is 13.2 Å². The lowest BCUT2D eigenvalue weighted by Crippen LogP contribution is -2.38. The van der Waals surface area contributed by atoms with E-state index in [-0.39, 0.29) is 12.2 Å². The van der Waals surface area contributed by atoms with Crippen LogP contribution in [0.25, 0.3) is 0 Å². The van der Waals surface area contributed by atoms with Gasteiger partial charge in [0.1, 0.15) is 7.57 Å². The summed E-state index contributed by atoms with van der Waals surface area (Å²) < 4.78 is 18.8. The van der Waals surface area contributed by atoms with Gasteiger partial charge in [-0.15, -0.1) is 11.3 Å². The molecule has 0 spiro atoms. The fraction of sp³-hybridized carbons (Fsp3) is 0.500. The van der Waals surface area contributed by atoms with E-state index in [0.29, 0.717) is 13.2 Å². The molecule has 1 fully saturated rings. The topological polar surface area (TPSA) is 27.7 Å². The summed E-state index contributed by atoms with van der Waals surface area (Å²) in [4.78, 5) is 0. The minimum atomic E-state index is 0.0419. The van der Waals surface area contributed by atoms with Crippen molar-refractivity contribution in [2.45, 2.75) is 12.2 Å². The molecule has 0 radical (unpaired) electrons. The van der Waals surface area contributed by atoms with E-state index in [1.54, 1.807) is 11.3 Å². The summed E-state index contributed by atoms with van der Waals surface area (Å²) in [7, 11) is 0. The number of thiophene rings is 1. The molecule has 0 amide bonds. The van der Waals surface area contributed by atoms with Crippen molar-refractivity contribution in [2.24, 2.45) is 0 Å². The molecule has 0 N–H and O–H groups in total. The van der Waals surface area contributed by atoms with E-state index in [9.17, 15) is 0 Å². The predicted octanol–water partition coefficient (Wildman–Crippen LogP) is 2.81. The molecule has 3 rings (SSSR count). The van der Waals surface area contributed by atoms with Gasteiger partial charge < -0.3 is 14.2 Å². The van der Waals surface area contributed by atoms with Crippen LogP contribution < -0.4 is 9.47 Å². The summed E-state index contributed by atoms with van der Waals surface area (Å²) in [5.74, 6) is 1.60. The van der Waals surface area contributed by atoms with Gasteiger partial charge in [0.25, 0.3) is 0 Å². The van der Waals surface area contributed by atoms with Crippen LogP contribution in [-0.2, 0) is 4.74 Å². The number of hydrogen-bond acceptors (Lipinski definition) is 4. The average molecular weight is 342 g/mol. The van der Waals surface area contributed by atoms with Gasteiger partial charge in [0.15, 0.2) is 23.7 Å². The Bertz CT molecular complexity index is 346. The van der Waals surface area contributed by atoms with Gasteiger partial charge in [-0.2, -0.15) is 0 Å². The van der Waals surface area contributed by atoms with Crippen LogP contribution in [0, 0.1) is 0 Å². The molecule has 0 aromatic carbocycles. The molecule has 2 aliphatic heterocycles. The second-order valence-corrected chi connectivity index (χ2v) is 6.81. The molecule has 3 nitrogen and oxygen atoms in total. The number of rotatable bonds is 0. The Balaban J connectivity index is 2.03. The van der Waals surface area contributed by atoms with Crippen molar-refractivity contribution < 1.29 is 14.2 Å². The van der Waals surface area contributed by atoms with E-state index in [4.69, 9.17) is 14.2 Å². The molecule has 1 aromatic rings. The third kappa shape index (κ3) is 1.31. The highest BCUT2D eigenvalue weighted by Crippen LogP contribution is 2.51. The van der Waals surface area contributed by atoms with E-state index in [0.717, 1.165) is 19.1 Å².